The molecule has 6 heteroatoms. The summed E-state index contributed by atoms with van der Waals surface area (Å²) >= 11 is 0. The number of esters is 1. The van der Waals surface area contributed by atoms with Crippen molar-refractivity contribution in [3.8, 4) is 5.75 Å². The fourth-order valence-electron chi connectivity index (χ4n) is 2.17. The first kappa shape index (κ1) is 12.7. The Labute approximate surface area is 115 Å². The van der Waals surface area contributed by atoms with Gasteiger partial charge in [-0.3, -0.25) is 0 Å². The van der Waals surface area contributed by atoms with Crippen molar-refractivity contribution >= 4 is 5.97 Å². The lowest BCUT2D eigenvalue weighted by atomic mass is 9.96. The van der Waals surface area contributed by atoms with Crippen molar-refractivity contribution in [2.24, 2.45) is 0 Å². The van der Waals surface area contributed by atoms with Crippen LogP contribution in [0.1, 0.15) is 34.9 Å². The predicted octanol–water partition coefficient (Wildman–Crippen LogP) is 1.97. The molecule has 20 heavy (non-hydrogen) atoms. The van der Waals surface area contributed by atoms with Crippen LogP contribution in [-0.2, 0) is 11.2 Å². The molecule has 2 aromatic rings. The van der Waals surface area contributed by atoms with E-state index < -0.39 is 5.97 Å². The Balaban J connectivity index is 1.77. The zero-order valence-corrected chi connectivity index (χ0v) is 11.0. The Morgan fingerprint density at radius 1 is 1.45 bits per heavy atom. The molecule has 0 amide bonds. The maximum absolute atomic E-state index is 11.5. The smallest absolute Gasteiger partial charge is 0.397 e. The van der Waals surface area contributed by atoms with E-state index in [1.54, 1.807) is 6.92 Å². The average Bonchev–Trinajstić information content (AvgIpc) is 2.97. The highest BCUT2D eigenvalue weighted by Crippen LogP contribution is 2.30. The molecule has 0 spiro atoms. The first-order chi connectivity index (χ1) is 9.78. The van der Waals surface area contributed by atoms with Crippen molar-refractivity contribution in [1.29, 1.82) is 0 Å². The molecule has 1 atom stereocenters. The van der Waals surface area contributed by atoms with Crippen molar-refractivity contribution in [1.82, 2.24) is 10.1 Å². The molecule has 0 saturated carbocycles. The highest BCUT2D eigenvalue weighted by Gasteiger charge is 2.27. The molecule has 1 unspecified atom stereocenters. The summed E-state index contributed by atoms with van der Waals surface area (Å²) < 4.78 is 15.4. The minimum atomic E-state index is -0.594. The van der Waals surface area contributed by atoms with E-state index in [0.717, 1.165) is 17.7 Å². The molecule has 1 aromatic heterocycles. The number of fused-ring (bicyclic) bond motifs is 1. The lowest BCUT2D eigenvalue weighted by Gasteiger charge is -2.22. The summed E-state index contributed by atoms with van der Waals surface area (Å²) in [6.45, 7) is 2.47. The fourth-order valence-corrected chi connectivity index (χ4v) is 2.17. The van der Waals surface area contributed by atoms with Crippen LogP contribution < -0.4 is 4.74 Å². The number of carbonyl (C=O) groups excluding carboxylic acids is 1. The fraction of sp³-hybridized carbons (Fsp3) is 0.357. The van der Waals surface area contributed by atoms with Crippen LogP contribution in [0.3, 0.4) is 0 Å². The maximum Gasteiger partial charge on any atom is 0.397 e. The Morgan fingerprint density at radius 2 is 2.30 bits per heavy atom. The summed E-state index contributed by atoms with van der Waals surface area (Å²) in [6, 6.07) is 7.84. The number of rotatable bonds is 3. The van der Waals surface area contributed by atoms with Gasteiger partial charge in [0.05, 0.1) is 19.1 Å². The Bertz CT molecular complexity index is 623. The van der Waals surface area contributed by atoms with Gasteiger partial charge in [-0.1, -0.05) is 23.4 Å². The van der Waals surface area contributed by atoms with Crippen LogP contribution in [0.2, 0.25) is 0 Å². The third-order valence-electron chi connectivity index (χ3n) is 3.14. The minimum Gasteiger partial charge on any atom is -0.493 e. The second-order valence-electron chi connectivity index (χ2n) is 4.50. The number of carbonyl (C=O) groups is 1. The number of nitrogens with zero attached hydrogens (tertiary/aromatic N) is 2. The maximum atomic E-state index is 11.5. The highest BCUT2D eigenvalue weighted by molar-refractivity contribution is 5.83. The van der Waals surface area contributed by atoms with E-state index in [9.17, 15) is 4.79 Å². The molecule has 104 valence electrons. The molecule has 0 saturated heterocycles. The molecular formula is C14H14N2O4. The van der Waals surface area contributed by atoms with Crippen LogP contribution in [0.5, 0.6) is 5.75 Å². The van der Waals surface area contributed by atoms with Crippen molar-refractivity contribution in [2.75, 3.05) is 13.2 Å². The largest absolute Gasteiger partial charge is 0.493 e. The number of hydrogen-bond donors (Lipinski definition) is 0. The van der Waals surface area contributed by atoms with Crippen LogP contribution >= 0.6 is 0 Å². The molecular weight excluding hydrogens is 260 g/mol. The molecule has 6 nitrogen and oxygen atoms in total. The second-order valence-corrected chi connectivity index (χ2v) is 4.50. The van der Waals surface area contributed by atoms with Gasteiger partial charge in [-0.25, -0.2) is 4.79 Å². The summed E-state index contributed by atoms with van der Waals surface area (Å²) in [4.78, 5) is 15.6. The van der Waals surface area contributed by atoms with Gasteiger partial charge in [-0.2, -0.15) is 4.98 Å². The van der Waals surface area contributed by atoms with Gasteiger partial charge in [0.15, 0.2) is 5.82 Å². The first-order valence-corrected chi connectivity index (χ1v) is 6.49. The van der Waals surface area contributed by atoms with Crippen LogP contribution in [-0.4, -0.2) is 29.3 Å². The zero-order valence-electron chi connectivity index (χ0n) is 11.0. The average molecular weight is 274 g/mol. The van der Waals surface area contributed by atoms with Crippen LogP contribution in [0.15, 0.2) is 28.8 Å². The third-order valence-corrected chi connectivity index (χ3v) is 3.14. The van der Waals surface area contributed by atoms with Gasteiger partial charge in [-0.05, 0) is 25.0 Å². The molecule has 0 fully saturated rings. The third kappa shape index (κ3) is 2.36. The van der Waals surface area contributed by atoms with Gasteiger partial charge < -0.3 is 14.0 Å². The van der Waals surface area contributed by atoms with E-state index in [2.05, 4.69) is 10.1 Å². The predicted molar refractivity (Wildman–Crippen MR) is 68.6 cm³/mol. The van der Waals surface area contributed by atoms with Gasteiger partial charge in [0, 0.05) is 0 Å². The quantitative estimate of drug-likeness (QED) is 0.796. The SMILES string of the molecule is CCOC(=O)c1nc(C2COc3ccccc3C2)no1. The summed E-state index contributed by atoms with van der Waals surface area (Å²) in [6.07, 6.45) is 0.762. The standard InChI is InChI=1S/C14H14N2O4/c1-2-18-14(17)13-15-12(16-20-13)10-7-9-5-3-4-6-11(9)19-8-10/h3-6,10H,2,7-8H2,1H3. The minimum absolute atomic E-state index is 0.0168. The molecule has 2 heterocycles. The van der Waals surface area contributed by atoms with Gasteiger partial charge >= 0.3 is 11.9 Å². The van der Waals surface area contributed by atoms with Crippen molar-refractivity contribution in [3.05, 3.63) is 41.5 Å². The second kappa shape index (κ2) is 5.32. The van der Waals surface area contributed by atoms with Crippen molar-refractivity contribution < 1.29 is 18.8 Å². The zero-order chi connectivity index (χ0) is 13.9. The van der Waals surface area contributed by atoms with Crippen LogP contribution in [0.4, 0.5) is 0 Å². The summed E-state index contributed by atoms with van der Waals surface area (Å²) in [7, 11) is 0. The van der Waals surface area contributed by atoms with Gasteiger partial charge in [0.1, 0.15) is 5.75 Å². The molecule has 1 aromatic carbocycles. The summed E-state index contributed by atoms with van der Waals surface area (Å²) in [5.74, 6) is 0.640. The van der Waals surface area contributed by atoms with Gasteiger partial charge in [-0.15, -0.1) is 0 Å². The number of aromatic nitrogens is 2. The van der Waals surface area contributed by atoms with E-state index in [4.69, 9.17) is 14.0 Å². The number of para-hydroxylation sites is 1. The normalized spacial score (nSPS) is 17.1. The molecule has 1 aliphatic rings. The number of hydrogen-bond acceptors (Lipinski definition) is 6. The van der Waals surface area contributed by atoms with Crippen molar-refractivity contribution in [2.45, 2.75) is 19.3 Å². The molecule has 0 aliphatic carbocycles. The van der Waals surface area contributed by atoms with Gasteiger partial charge in [0.25, 0.3) is 0 Å². The van der Waals surface area contributed by atoms with Crippen molar-refractivity contribution in [3.63, 3.8) is 0 Å². The molecule has 0 N–H and O–H groups in total. The number of ether oxygens (including phenoxy) is 2. The number of benzene rings is 1. The van der Waals surface area contributed by atoms with E-state index in [0.29, 0.717) is 12.4 Å². The van der Waals surface area contributed by atoms with Crippen LogP contribution in [0, 0.1) is 0 Å². The summed E-state index contributed by atoms with van der Waals surface area (Å²) in [5.41, 5.74) is 1.10. The lowest BCUT2D eigenvalue weighted by Crippen LogP contribution is -2.20. The topological polar surface area (TPSA) is 74.5 Å². The van der Waals surface area contributed by atoms with E-state index in [-0.39, 0.29) is 18.4 Å². The first-order valence-electron chi connectivity index (χ1n) is 6.49. The van der Waals surface area contributed by atoms with E-state index in [1.165, 1.54) is 0 Å². The Kier molecular flexibility index (Phi) is 3.37. The Morgan fingerprint density at radius 3 is 3.15 bits per heavy atom. The van der Waals surface area contributed by atoms with E-state index in [1.807, 2.05) is 24.3 Å². The highest BCUT2D eigenvalue weighted by atomic mass is 16.6. The molecule has 0 bridgehead atoms. The Hall–Kier alpha value is -2.37. The lowest BCUT2D eigenvalue weighted by molar-refractivity contribution is 0.0470. The summed E-state index contributed by atoms with van der Waals surface area (Å²) in [5, 5.41) is 3.85. The molecule has 0 radical (unpaired) electrons. The molecule has 3 rings (SSSR count). The monoisotopic (exact) mass is 274 g/mol. The van der Waals surface area contributed by atoms with Gasteiger partial charge in [0.2, 0.25) is 0 Å². The van der Waals surface area contributed by atoms with E-state index >= 15 is 0 Å². The molecule has 1 aliphatic heterocycles. The van der Waals surface area contributed by atoms with Crippen LogP contribution in [0.25, 0.3) is 0 Å².